The van der Waals surface area contributed by atoms with Gasteiger partial charge >= 0.3 is 5.63 Å². The van der Waals surface area contributed by atoms with Crippen molar-refractivity contribution < 1.29 is 23.4 Å². The van der Waals surface area contributed by atoms with Crippen molar-refractivity contribution in [1.82, 2.24) is 14.9 Å². The Morgan fingerprint density at radius 1 is 1.17 bits per heavy atom. The van der Waals surface area contributed by atoms with E-state index in [1.807, 2.05) is 0 Å². The maximum Gasteiger partial charge on any atom is 0.349 e. The lowest BCUT2D eigenvalue weighted by molar-refractivity contribution is 0.0766. The van der Waals surface area contributed by atoms with Gasteiger partial charge in [0, 0.05) is 30.7 Å². The minimum absolute atomic E-state index is 0.0245. The molecule has 0 bridgehead atoms. The molecule has 1 saturated heterocycles. The third-order valence-electron chi connectivity index (χ3n) is 4.71. The molecule has 1 aliphatic rings. The Labute approximate surface area is 165 Å². The Morgan fingerprint density at radius 2 is 1.97 bits per heavy atom. The van der Waals surface area contributed by atoms with Gasteiger partial charge in [-0.2, -0.15) is 0 Å². The predicted octanol–water partition coefficient (Wildman–Crippen LogP) is 1.89. The lowest BCUT2D eigenvalue weighted by Gasteiger charge is -2.17. The highest BCUT2D eigenvalue weighted by Crippen LogP contribution is 2.26. The number of carbonyl (C=O) groups is 1. The monoisotopic (exact) mass is 397 g/mol. The molecule has 0 N–H and O–H groups in total. The summed E-state index contributed by atoms with van der Waals surface area (Å²) in [6.45, 7) is 0.760. The maximum atomic E-state index is 12.9. The zero-order valence-corrected chi connectivity index (χ0v) is 16.0. The summed E-state index contributed by atoms with van der Waals surface area (Å²) in [7, 11) is 2.97. The minimum Gasteiger partial charge on any atom is -0.493 e. The van der Waals surface area contributed by atoms with E-state index < -0.39 is 11.5 Å². The Morgan fingerprint density at radius 3 is 2.72 bits per heavy atom. The Hall–Kier alpha value is -3.62. The van der Waals surface area contributed by atoms with Crippen molar-refractivity contribution in [1.29, 1.82) is 0 Å². The number of likely N-dealkylation sites (tertiary alicyclic amines) is 1. The van der Waals surface area contributed by atoms with Crippen LogP contribution in [0.5, 0.6) is 17.5 Å². The van der Waals surface area contributed by atoms with Crippen molar-refractivity contribution in [3.63, 3.8) is 0 Å². The Balaban J connectivity index is 1.53. The number of amides is 1. The van der Waals surface area contributed by atoms with Crippen LogP contribution in [0.4, 0.5) is 0 Å². The summed E-state index contributed by atoms with van der Waals surface area (Å²) in [6, 6.07) is 6.75. The number of ether oxygens (including phenoxy) is 3. The van der Waals surface area contributed by atoms with Crippen LogP contribution in [-0.2, 0) is 0 Å². The zero-order valence-electron chi connectivity index (χ0n) is 16.0. The minimum atomic E-state index is -0.702. The third kappa shape index (κ3) is 3.58. The van der Waals surface area contributed by atoms with Gasteiger partial charge in [-0.05, 0) is 12.1 Å². The van der Waals surface area contributed by atoms with E-state index in [-0.39, 0.29) is 23.4 Å². The third-order valence-corrected chi connectivity index (χ3v) is 4.71. The summed E-state index contributed by atoms with van der Waals surface area (Å²) in [5.74, 6) is 0.583. The maximum absolute atomic E-state index is 12.9. The first-order valence-electron chi connectivity index (χ1n) is 9.02. The van der Waals surface area contributed by atoms with Gasteiger partial charge < -0.3 is 23.5 Å². The van der Waals surface area contributed by atoms with E-state index in [9.17, 15) is 9.59 Å². The number of para-hydroxylation sites is 1. The van der Waals surface area contributed by atoms with Crippen molar-refractivity contribution >= 4 is 16.9 Å². The van der Waals surface area contributed by atoms with E-state index in [4.69, 9.17) is 18.6 Å². The second-order valence-electron chi connectivity index (χ2n) is 6.48. The average Bonchev–Trinajstić information content (AvgIpc) is 3.21. The van der Waals surface area contributed by atoms with Gasteiger partial charge in [0.25, 0.3) is 17.7 Å². The van der Waals surface area contributed by atoms with Crippen LogP contribution >= 0.6 is 0 Å². The number of hydrogen-bond acceptors (Lipinski definition) is 8. The quantitative estimate of drug-likeness (QED) is 0.601. The molecule has 2 aromatic heterocycles. The second kappa shape index (κ2) is 7.78. The predicted molar refractivity (Wildman–Crippen MR) is 103 cm³/mol. The summed E-state index contributed by atoms with van der Waals surface area (Å²) >= 11 is 0. The molecule has 0 saturated carbocycles. The van der Waals surface area contributed by atoms with E-state index >= 15 is 0 Å². The van der Waals surface area contributed by atoms with E-state index in [0.29, 0.717) is 36.2 Å². The van der Waals surface area contributed by atoms with Crippen LogP contribution in [-0.4, -0.2) is 54.2 Å². The molecule has 1 fully saturated rings. The first-order valence-corrected chi connectivity index (χ1v) is 9.02. The molecular formula is C20H19N3O6. The SMILES string of the molecule is COc1nccnc1OC1CCN(C(=O)c2cc3cccc(OC)c3oc2=O)C1. The van der Waals surface area contributed by atoms with Gasteiger partial charge in [0.05, 0.1) is 20.8 Å². The van der Waals surface area contributed by atoms with Crippen LogP contribution in [0.15, 0.2) is 45.9 Å². The molecule has 0 radical (unpaired) electrons. The molecule has 29 heavy (non-hydrogen) atoms. The zero-order chi connectivity index (χ0) is 20.4. The molecule has 1 amide bonds. The second-order valence-corrected chi connectivity index (χ2v) is 6.48. The lowest BCUT2D eigenvalue weighted by atomic mass is 10.1. The van der Waals surface area contributed by atoms with Gasteiger partial charge in [-0.1, -0.05) is 12.1 Å². The standard InChI is InChI=1S/C20H19N3O6/c1-26-15-5-3-4-12-10-14(20(25)29-16(12)15)19(24)23-9-6-13(11-23)28-18-17(27-2)21-7-8-22-18/h3-5,7-8,10,13H,6,9,11H2,1-2H3. The number of carbonyl (C=O) groups excluding carboxylic acids is 1. The summed E-state index contributed by atoms with van der Waals surface area (Å²) in [4.78, 5) is 35.1. The van der Waals surface area contributed by atoms with Crippen LogP contribution in [0.2, 0.25) is 0 Å². The van der Waals surface area contributed by atoms with Crippen molar-refractivity contribution in [3.8, 4) is 17.5 Å². The topological polar surface area (TPSA) is 104 Å². The van der Waals surface area contributed by atoms with Crippen LogP contribution in [0.25, 0.3) is 11.0 Å². The lowest BCUT2D eigenvalue weighted by Crippen LogP contribution is -2.33. The van der Waals surface area contributed by atoms with Gasteiger partial charge in [0.1, 0.15) is 11.7 Å². The fourth-order valence-corrected chi connectivity index (χ4v) is 3.30. The molecule has 1 aliphatic heterocycles. The summed E-state index contributed by atoms with van der Waals surface area (Å²) in [5.41, 5.74) is -0.413. The van der Waals surface area contributed by atoms with Crippen LogP contribution in [0.3, 0.4) is 0 Å². The van der Waals surface area contributed by atoms with Crippen molar-refractivity contribution in [3.05, 3.63) is 52.6 Å². The van der Waals surface area contributed by atoms with Crippen LogP contribution in [0.1, 0.15) is 16.8 Å². The highest BCUT2D eigenvalue weighted by Gasteiger charge is 2.31. The highest BCUT2D eigenvalue weighted by atomic mass is 16.5. The molecule has 1 unspecified atom stereocenters. The molecule has 150 valence electrons. The van der Waals surface area contributed by atoms with Gasteiger partial charge in [0.15, 0.2) is 11.3 Å². The van der Waals surface area contributed by atoms with Gasteiger partial charge in [0.2, 0.25) is 0 Å². The summed E-state index contributed by atoms with van der Waals surface area (Å²) < 4.78 is 21.5. The molecule has 9 nitrogen and oxygen atoms in total. The molecule has 1 aromatic carbocycles. The molecule has 3 aromatic rings. The van der Waals surface area contributed by atoms with Gasteiger partial charge in [-0.15, -0.1) is 0 Å². The Bertz CT molecular complexity index is 1110. The number of hydrogen-bond donors (Lipinski definition) is 0. The van der Waals surface area contributed by atoms with E-state index in [2.05, 4.69) is 9.97 Å². The number of methoxy groups -OCH3 is 2. The van der Waals surface area contributed by atoms with E-state index in [0.717, 1.165) is 0 Å². The first-order chi connectivity index (χ1) is 14.1. The molecule has 1 atom stereocenters. The number of rotatable bonds is 5. The van der Waals surface area contributed by atoms with Gasteiger partial charge in [-0.3, -0.25) is 4.79 Å². The molecule has 4 rings (SSSR count). The molecule has 0 spiro atoms. The average molecular weight is 397 g/mol. The fourth-order valence-electron chi connectivity index (χ4n) is 3.30. The fraction of sp³-hybridized carbons (Fsp3) is 0.300. The van der Waals surface area contributed by atoms with Gasteiger partial charge in [-0.25, -0.2) is 14.8 Å². The molecule has 9 heteroatoms. The molecular weight excluding hydrogens is 378 g/mol. The smallest absolute Gasteiger partial charge is 0.349 e. The summed E-state index contributed by atoms with van der Waals surface area (Å²) in [6.07, 6.45) is 3.32. The number of benzene rings is 1. The van der Waals surface area contributed by atoms with E-state index in [1.54, 1.807) is 23.1 Å². The molecule has 3 heterocycles. The number of nitrogens with zero attached hydrogens (tertiary/aromatic N) is 3. The number of fused-ring (bicyclic) bond motifs is 1. The van der Waals surface area contributed by atoms with Crippen LogP contribution in [0, 0.1) is 0 Å². The molecule has 0 aliphatic carbocycles. The van der Waals surface area contributed by atoms with E-state index in [1.165, 1.54) is 32.7 Å². The van der Waals surface area contributed by atoms with Crippen molar-refractivity contribution in [2.24, 2.45) is 0 Å². The van der Waals surface area contributed by atoms with Crippen LogP contribution < -0.4 is 19.8 Å². The normalized spacial score (nSPS) is 16.1. The Kier molecular flexibility index (Phi) is 5.03. The highest BCUT2D eigenvalue weighted by molar-refractivity contribution is 5.97. The van der Waals surface area contributed by atoms with Crippen molar-refractivity contribution in [2.45, 2.75) is 12.5 Å². The van der Waals surface area contributed by atoms with Crippen molar-refractivity contribution in [2.75, 3.05) is 27.3 Å². The summed E-state index contributed by atoms with van der Waals surface area (Å²) in [5, 5.41) is 0.614. The first kappa shape index (κ1) is 18.7. The largest absolute Gasteiger partial charge is 0.493 e. The number of aromatic nitrogens is 2.